The number of carboxylic acid groups (broad SMARTS) is 1. The van der Waals surface area contributed by atoms with Gasteiger partial charge in [0.15, 0.2) is 5.13 Å². The molecule has 6 heteroatoms. The Morgan fingerprint density at radius 1 is 1.29 bits per heavy atom. The van der Waals surface area contributed by atoms with E-state index in [2.05, 4.69) is 15.3 Å². The predicted octanol–water partition coefficient (Wildman–Crippen LogP) is 2.60. The lowest BCUT2D eigenvalue weighted by Gasteiger charge is -2.04. The number of nitrogens with zero attached hydrogens (tertiary/aromatic N) is 2. The van der Waals surface area contributed by atoms with Crippen molar-refractivity contribution in [1.82, 2.24) is 9.97 Å². The molecule has 0 aliphatic heterocycles. The van der Waals surface area contributed by atoms with Gasteiger partial charge in [0.05, 0.1) is 11.3 Å². The Balaban J connectivity index is 2.29. The third-order valence-electron chi connectivity index (χ3n) is 2.05. The summed E-state index contributed by atoms with van der Waals surface area (Å²) in [6, 6.07) is 3.02. The van der Waals surface area contributed by atoms with Gasteiger partial charge in [-0.15, -0.1) is 11.3 Å². The topological polar surface area (TPSA) is 75.1 Å². The molecule has 0 spiro atoms. The first-order valence-electron chi connectivity index (χ1n) is 4.96. The number of hydrogen-bond donors (Lipinski definition) is 2. The largest absolute Gasteiger partial charge is 0.478 e. The summed E-state index contributed by atoms with van der Waals surface area (Å²) in [5.74, 6) is -0.467. The lowest BCUT2D eigenvalue weighted by atomic mass is 10.2. The molecule has 0 atom stereocenters. The minimum atomic E-state index is -0.964. The molecule has 2 aromatic heterocycles. The average molecular weight is 249 g/mol. The van der Waals surface area contributed by atoms with Crippen molar-refractivity contribution < 1.29 is 9.90 Å². The van der Waals surface area contributed by atoms with Gasteiger partial charge in [-0.25, -0.2) is 14.8 Å². The van der Waals surface area contributed by atoms with Crippen LogP contribution in [0.4, 0.5) is 10.9 Å². The molecule has 0 amide bonds. The average Bonchev–Trinajstić information content (AvgIpc) is 2.63. The third-order valence-corrected chi connectivity index (χ3v) is 2.93. The van der Waals surface area contributed by atoms with Gasteiger partial charge in [-0.1, -0.05) is 0 Å². The lowest BCUT2D eigenvalue weighted by Crippen LogP contribution is -2.01. The number of anilines is 2. The van der Waals surface area contributed by atoms with E-state index in [1.54, 1.807) is 6.92 Å². The van der Waals surface area contributed by atoms with Crippen LogP contribution in [0.1, 0.15) is 21.7 Å². The van der Waals surface area contributed by atoms with E-state index >= 15 is 0 Å². The van der Waals surface area contributed by atoms with E-state index in [9.17, 15) is 4.79 Å². The lowest BCUT2D eigenvalue weighted by molar-refractivity contribution is 0.0696. The summed E-state index contributed by atoms with van der Waals surface area (Å²) in [5.41, 5.74) is 1.79. The third kappa shape index (κ3) is 2.79. The van der Waals surface area contributed by atoms with Crippen LogP contribution < -0.4 is 5.32 Å². The van der Waals surface area contributed by atoms with Gasteiger partial charge >= 0.3 is 5.97 Å². The molecular formula is C11H11N3O2S. The molecule has 88 valence electrons. The van der Waals surface area contributed by atoms with Crippen LogP contribution in [0.25, 0.3) is 0 Å². The highest BCUT2D eigenvalue weighted by Gasteiger charge is 2.07. The standard InChI is InChI=1S/C11H11N3O2S/c1-6-3-8(10(15)16)4-9(12-6)14-11-13-7(2)5-17-11/h3-5H,1-2H3,(H,15,16)(H,12,13,14). The van der Waals surface area contributed by atoms with E-state index in [4.69, 9.17) is 5.11 Å². The van der Waals surface area contributed by atoms with E-state index in [1.807, 2.05) is 12.3 Å². The fourth-order valence-corrected chi connectivity index (χ4v) is 2.07. The molecule has 0 radical (unpaired) electrons. The minimum absolute atomic E-state index is 0.216. The number of aromatic carboxylic acids is 1. The maximum Gasteiger partial charge on any atom is 0.335 e. The van der Waals surface area contributed by atoms with Gasteiger partial charge in [-0.2, -0.15) is 0 Å². The number of carboxylic acids is 1. The molecule has 0 saturated heterocycles. The number of thiazole rings is 1. The quantitative estimate of drug-likeness (QED) is 0.874. The molecule has 2 rings (SSSR count). The van der Waals surface area contributed by atoms with Crippen LogP contribution in [-0.2, 0) is 0 Å². The maximum absolute atomic E-state index is 10.9. The Bertz CT molecular complexity index is 566. The smallest absolute Gasteiger partial charge is 0.335 e. The molecule has 17 heavy (non-hydrogen) atoms. The van der Waals surface area contributed by atoms with Crippen molar-refractivity contribution in [2.24, 2.45) is 0 Å². The van der Waals surface area contributed by atoms with Crippen molar-refractivity contribution in [2.75, 3.05) is 5.32 Å². The van der Waals surface area contributed by atoms with Gasteiger partial charge in [-0.3, -0.25) is 0 Å². The van der Waals surface area contributed by atoms with Crippen molar-refractivity contribution in [1.29, 1.82) is 0 Å². The van der Waals surface area contributed by atoms with Crippen LogP contribution in [-0.4, -0.2) is 21.0 Å². The monoisotopic (exact) mass is 249 g/mol. The van der Waals surface area contributed by atoms with Crippen molar-refractivity contribution in [3.8, 4) is 0 Å². The summed E-state index contributed by atoms with van der Waals surface area (Å²) in [5, 5.41) is 14.5. The number of pyridine rings is 1. The van der Waals surface area contributed by atoms with Gasteiger partial charge in [0.25, 0.3) is 0 Å². The summed E-state index contributed by atoms with van der Waals surface area (Å²) >= 11 is 1.45. The van der Waals surface area contributed by atoms with Crippen LogP contribution in [0.2, 0.25) is 0 Å². The highest BCUT2D eigenvalue weighted by Crippen LogP contribution is 2.20. The maximum atomic E-state index is 10.9. The number of carbonyl (C=O) groups is 1. The first kappa shape index (κ1) is 11.5. The van der Waals surface area contributed by atoms with Gasteiger partial charge in [0.1, 0.15) is 5.82 Å². The van der Waals surface area contributed by atoms with Gasteiger partial charge in [0.2, 0.25) is 0 Å². The minimum Gasteiger partial charge on any atom is -0.478 e. The highest BCUT2D eigenvalue weighted by atomic mass is 32.1. The zero-order valence-electron chi connectivity index (χ0n) is 9.39. The number of aromatic nitrogens is 2. The molecule has 5 nitrogen and oxygen atoms in total. The van der Waals surface area contributed by atoms with Crippen LogP contribution in [0.3, 0.4) is 0 Å². The summed E-state index contributed by atoms with van der Waals surface area (Å²) in [7, 11) is 0. The summed E-state index contributed by atoms with van der Waals surface area (Å²) in [6.45, 7) is 3.65. The first-order valence-corrected chi connectivity index (χ1v) is 5.84. The van der Waals surface area contributed by atoms with Crippen molar-refractivity contribution >= 4 is 28.3 Å². The predicted molar refractivity (Wildman–Crippen MR) is 66.1 cm³/mol. The molecule has 0 aliphatic carbocycles. The number of aryl methyl sites for hydroxylation is 2. The summed E-state index contributed by atoms with van der Waals surface area (Å²) in [6.07, 6.45) is 0. The van der Waals surface area contributed by atoms with Crippen LogP contribution in [0.5, 0.6) is 0 Å². The molecule has 0 saturated carbocycles. The fraction of sp³-hybridized carbons (Fsp3) is 0.182. The zero-order chi connectivity index (χ0) is 12.4. The second kappa shape index (κ2) is 4.50. The second-order valence-electron chi connectivity index (χ2n) is 3.61. The van der Waals surface area contributed by atoms with E-state index in [0.29, 0.717) is 16.6 Å². The highest BCUT2D eigenvalue weighted by molar-refractivity contribution is 7.13. The molecule has 0 unspecified atom stereocenters. The van der Waals surface area contributed by atoms with Crippen LogP contribution in [0, 0.1) is 13.8 Å². The van der Waals surface area contributed by atoms with E-state index in [-0.39, 0.29) is 5.56 Å². The molecule has 0 aromatic carbocycles. The number of rotatable bonds is 3. The van der Waals surface area contributed by atoms with Crippen LogP contribution >= 0.6 is 11.3 Å². The van der Waals surface area contributed by atoms with Crippen molar-refractivity contribution in [3.63, 3.8) is 0 Å². The summed E-state index contributed by atoms with van der Waals surface area (Å²) < 4.78 is 0. The molecule has 0 aliphatic rings. The SMILES string of the molecule is Cc1cc(C(=O)O)cc(Nc2nc(C)cs2)n1. The second-order valence-corrected chi connectivity index (χ2v) is 4.46. The Labute approximate surface area is 102 Å². The van der Waals surface area contributed by atoms with Crippen molar-refractivity contribution in [3.05, 3.63) is 34.5 Å². The number of hydrogen-bond acceptors (Lipinski definition) is 5. The van der Waals surface area contributed by atoms with Gasteiger partial charge in [0, 0.05) is 11.1 Å². The molecular weight excluding hydrogens is 238 g/mol. The molecule has 2 N–H and O–H groups in total. The van der Waals surface area contributed by atoms with E-state index in [0.717, 1.165) is 5.69 Å². The normalized spacial score (nSPS) is 10.2. The Morgan fingerprint density at radius 3 is 2.65 bits per heavy atom. The number of nitrogens with one attached hydrogen (secondary N) is 1. The zero-order valence-corrected chi connectivity index (χ0v) is 10.2. The van der Waals surface area contributed by atoms with Crippen LogP contribution in [0.15, 0.2) is 17.5 Å². The summed E-state index contributed by atoms with van der Waals surface area (Å²) in [4.78, 5) is 19.3. The first-order chi connectivity index (χ1) is 8.04. The molecule has 2 aromatic rings. The molecule has 0 bridgehead atoms. The Kier molecular flexibility index (Phi) is 3.06. The van der Waals surface area contributed by atoms with E-state index < -0.39 is 5.97 Å². The van der Waals surface area contributed by atoms with Crippen molar-refractivity contribution in [2.45, 2.75) is 13.8 Å². The van der Waals surface area contributed by atoms with E-state index in [1.165, 1.54) is 23.5 Å². The fourth-order valence-electron chi connectivity index (χ4n) is 1.38. The van der Waals surface area contributed by atoms with Gasteiger partial charge < -0.3 is 10.4 Å². The van der Waals surface area contributed by atoms with Gasteiger partial charge in [-0.05, 0) is 26.0 Å². The Morgan fingerprint density at radius 2 is 2.06 bits per heavy atom. The Hall–Kier alpha value is -1.95. The molecule has 0 fully saturated rings. The molecule has 2 heterocycles.